The van der Waals surface area contributed by atoms with Crippen LogP contribution < -0.4 is 11.1 Å². The largest absolute Gasteiger partial charge is 0.383 e. The minimum atomic E-state index is 0.673. The highest BCUT2D eigenvalue weighted by Crippen LogP contribution is 2.26. The SMILES string of the molecule is CCCSc1ccccc1NCCN. The molecule has 0 aliphatic rings. The molecule has 0 saturated heterocycles. The van der Waals surface area contributed by atoms with Gasteiger partial charge in [-0.15, -0.1) is 11.8 Å². The van der Waals surface area contributed by atoms with E-state index >= 15 is 0 Å². The lowest BCUT2D eigenvalue weighted by Crippen LogP contribution is -2.13. The number of nitrogens with one attached hydrogen (secondary N) is 1. The molecule has 0 aromatic heterocycles. The molecule has 1 rings (SSSR count). The van der Waals surface area contributed by atoms with Crippen molar-refractivity contribution in [2.45, 2.75) is 18.2 Å². The average molecular weight is 210 g/mol. The van der Waals surface area contributed by atoms with E-state index in [1.165, 1.54) is 22.8 Å². The maximum Gasteiger partial charge on any atom is 0.0478 e. The zero-order valence-corrected chi connectivity index (χ0v) is 9.44. The molecule has 1 aromatic carbocycles. The molecule has 0 aliphatic carbocycles. The lowest BCUT2D eigenvalue weighted by molar-refractivity contribution is 1.02. The second-order valence-corrected chi connectivity index (χ2v) is 4.20. The summed E-state index contributed by atoms with van der Waals surface area (Å²) in [5.41, 5.74) is 6.66. The first-order valence-corrected chi connectivity index (χ1v) is 6.02. The lowest BCUT2D eigenvalue weighted by atomic mass is 10.3. The second kappa shape index (κ2) is 6.74. The molecule has 0 spiro atoms. The normalized spacial score (nSPS) is 10.1. The Kier molecular flexibility index (Phi) is 5.49. The number of rotatable bonds is 6. The predicted octanol–water partition coefficient (Wildman–Crippen LogP) is 2.56. The van der Waals surface area contributed by atoms with Crippen LogP contribution in [0, 0.1) is 0 Å². The molecule has 0 bridgehead atoms. The van der Waals surface area contributed by atoms with Gasteiger partial charge in [-0.05, 0) is 24.3 Å². The van der Waals surface area contributed by atoms with Gasteiger partial charge in [0.15, 0.2) is 0 Å². The fourth-order valence-corrected chi connectivity index (χ4v) is 2.05. The van der Waals surface area contributed by atoms with Gasteiger partial charge >= 0.3 is 0 Å². The van der Waals surface area contributed by atoms with Crippen molar-refractivity contribution in [3.63, 3.8) is 0 Å². The summed E-state index contributed by atoms with van der Waals surface area (Å²) in [6.45, 7) is 3.71. The van der Waals surface area contributed by atoms with Crippen LogP contribution in [0.2, 0.25) is 0 Å². The Morgan fingerprint density at radius 2 is 2.14 bits per heavy atom. The maximum atomic E-state index is 5.46. The van der Waals surface area contributed by atoms with Gasteiger partial charge in [-0.3, -0.25) is 0 Å². The molecule has 3 N–H and O–H groups in total. The molecule has 0 radical (unpaired) electrons. The van der Waals surface area contributed by atoms with E-state index in [0.29, 0.717) is 6.54 Å². The first kappa shape index (κ1) is 11.4. The summed E-state index contributed by atoms with van der Waals surface area (Å²) in [5, 5.41) is 3.33. The number of thioether (sulfide) groups is 1. The molecule has 0 amide bonds. The van der Waals surface area contributed by atoms with E-state index in [9.17, 15) is 0 Å². The molecule has 0 saturated carbocycles. The number of hydrogen-bond donors (Lipinski definition) is 2. The van der Waals surface area contributed by atoms with Gasteiger partial charge in [0, 0.05) is 23.7 Å². The van der Waals surface area contributed by atoms with Gasteiger partial charge in [0.25, 0.3) is 0 Å². The van der Waals surface area contributed by atoms with E-state index in [1.807, 2.05) is 11.8 Å². The van der Waals surface area contributed by atoms with E-state index in [0.717, 1.165) is 6.54 Å². The Labute approximate surface area is 90.3 Å². The summed E-state index contributed by atoms with van der Waals surface area (Å²) < 4.78 is 0. The third kappa shape index (κ3) is 3.60. The third-order valence-electron chi connectivity index (χ3n) is 1.81. The molecule has 0 heterocycles. The van der Waals surface area contributed by atoms with Crippen molar-refractivity contribution in [2.24, 2.45) is 5.73 Å². The maximum absolute atomic E-state index is 5.46. The summed E-state index contributed by atoms with van der Waals surface area (Å²) in [6, 6.07) is 8.38. The second-order valence-electron chi connectivity index (χ2n) is 3.06. The quantitative estimate of drug-likeness (QED) is 0.709. The molecule has 0 unspecified atom stereocenters. The van der Waals surface area contributed by atoms with Crippen molar-refractivity contribution in [2.75, 3.05) is 24.2 Å². The Balaban J connectivity index is 2.60. The standard InChI is InChI=1S/C11H18N2S/c1-2-9-14-11-6-4-3-5-10(11)13-8-7-12/h3-6,13H,2,7-9,12H2,1H3. The first-order chi connectivity index (χ1) is 6.88. The van der Waals surface area contributed by atoms with E-state index < -0.39 is 0 Å². The predicted molar refractivity (Wildman–Crippen MR) is 65.0 cm³/mol. The molecule has 78 valence electrons. The number of nitrogens with two attached hydrogens (primary N) is 1. The molecule has 0 aliphatic heterocycles. The molecular formula is C11H18N2S. The average Bonchev–Trinajstić information content (AvgIpc) is 2.24. The number of para-hydroxylation sites is 1. The highest BCUT2D eigenvalue weighted by molar-refractivity contribution is 7.99. The lowest BCUT2D eigenvalue weighted by Gasteiger charge is -2.10. The summed E-state index contributed by atoms with van der Waals surface area (Å²) in [6.07, 6.45) is 1.20. The van der Waals surface area contributed by atoms with Gasteiger partial charge in [0.1, 0.15) is 0 Å². The van der Waals surface area contributed by atoms with Gasteiger partial charge in [0.05, 0.1) is 0 Å². The van der Waals surface area contributed by atoms with Crippen LogP contribution in [0.3, 0.4) is 0 Å². The van der Waals surface area contributed by atoms with E-state index in [2.05, 4.69) is 36.5 Å². The summed E-state index contributed by atoms with van der Waals surface area (Å²) in [7, 11) is 0. The van der Waals surface area contributed by atoms with E-state index in [-0.39, 0.29) is 0 Å². The molecule has 0 atom stereocenters. The number of hydrogen-bond acceptors (Lipinski definition) is 3. The van der Waals surface area contributed by atoms with Crippen LogP contribution in [-0.2, 0) is 0 Å². The van der Waals surface area contributed by atoms with Crippen molar-refractivity contribution >= 4 is 17.4 Å². The van der Waals surface area contributed by atoms with Crippen LogP contribution in [0.4, 0.5) is 5.69 Å². The fourth-order valence-electron chi connectivity index (χ4n) is 1.16. The minimum Gasteiger partial charge on any atom is -0.383 e. The van der Waals surface area contributed by atoms with Gasteiger partial charge < -0.3 is 11.1 Å². The van der Waals surface area contributed by atoms with Gasteiger partial charge in [-0.25, -0.2) is 0 Å². The van der Waals surface area contributed by atoms with Gasteiger partial charge in [-0.2, -0.15) is 0 Å². The number of anilines is 1. The first-order valence-electron chi connectivity index (χ1n) is 5.04. The summed E-state index contributed by atoms with van der Waals surface area (Å²) >= 11 is 1.89. The van der Waals surface area contributed by atoms with Crippen molar-refractivity contribution in [3.8, 4) is 0 Å². The van der Waals surface area contributed by atoms with Gasteiger partial charge in [0.2, 0.25) is 0 Å². The molecule has 2 nitrogen and oxygen atoms in total. The van der Waals surface area contributed by atoms with Gasteiger partial charge in [-0.1, -0.05) is 19.1 Å². The van der Waals surface area contributed by atoms with Crippen molar-refractivity contribution in [1.29, 1.82) is 0 Å². The number of benzene rings is 1. The van der Waals surface area contributed by atoms with Crippen LogP contribution >= 0.6 is 11.8 Å². The van der Waals surface area contributed by atoms with Crippen molar-refractivity contribution < 1.29 is 0 Å². The van der Waals surface area contributed by atoms with Crippen LogP contribution in [0.1, 0.15) is 13.3 Å². The molecule has 0 fully saturated rings. The third-order valence-corrected chi connectivity index (χ3v) is 3.09. The molecule has 1 aromatic rings. The van der Waals surface area contributed by atoms with Crippen LogP contribution in [0.15, 0.2) is 29.2 Å². The summed E-state index contributed by atoms with van der Waals surface area (Å²) in [5.74, 6) is 1.17. The van der Waals surface area contributed by atoms with E-state index in [4.69, 9.17) is 5.73 Å². The monoisotopic (exact) mass is 210 g/mol. The molecular weight excluding hydrogens is 192 g/mol. The minimum absolute atomic E-state index is 0.673. The topological polar surface area (TPSA) is 38.0 Å². The highest BCUT2D eigenvalue weighted by atomic mass is 32.2. The Morgan fingerprint density at radius 1 is 1.36 bits per heavy atom. The smallest absolute Gasteiger partial charge is 0.0478 e. The Bertz CT molecular complexity index is 236. The van der Waals surface area contributed by atoms with Crippen LogP contribution in [0.25, 0.3) is 0 Å². The van der Waals surface area contributed by atoms with Crippen molar-refractivity contribution in [3.05, 3.63) is 24.3 Å². The highest BCUT2D eigenvalue weighted by Gasteiger charge is 1.99. The van der Waals surface area contributed by atoms with Crippen LogP contribution in [-0.4, -0.2) is 18.8 Å². The van der Waals surface area contributed by atoms with Crippen molar-refractivity contribution in [1.82, 2.24) is 0 Å². The molecule has 3 heteroatoms. The Hall–Kier alpha value is -0.670. The summed E-state index contributed by atoms with van der Waals surface area (Å²) in [4.78, 5) is 1.32. The Morgan fingerprint density at radius 3 is 2.86 bits per heavy atom. The fraction of sp³-hybridized carbons (Fsp3) is 0.455. The van der Waals surface area contributed by atoms with Crippen LogP contribution in [0.5, 0.6) is 0 Å². The zero-order valence-electron chi connectivity index (χ0n) is 8.62. The van der Waals surface area contributed by atoms with E-state index in [1.54, 1.807) is 0 Å². The molecule has 14 heavy (non-hydrogen) atoms. The zero-order chi connectivity index (χ0) is 10.2.